The molecule has 0 unspecified atom stereocenters. The third kappa shape index (κ3) is 3.52. The van der Waals surface area contributed by atoms with Crippen LogP contribution in [-0.2, 0) is 10.0 Å². The second-order valence-electron chi connectivity index (χ2n) is 4.81. The predicted molar refractivity (Wildman–Crippen MR) is 80.4 cm³/mol. The van der Waals surface area contributed by atoms with Gasteiger partial charge in [0.15, 0.2) is 0 Å². The fraction of sp³-hybridized carbons (Fsp3) is 0.357. The van der Waals surface area contributed by atoms with Crippen LogP contribution in [0.3, 0.4) is 0 Å². The molecule has 0 fully saturated rings. The molecular formula is C14H16FN3O2S. The number of aromatic amines is 1. The number of fused-ring (bicyclic) bond motifs is 1. The van der Waals surface area contributed by atoms with Crippen molar-refractivity contribution < 1.29 is 12.8 Å². The Morgan fingerprint density at radius 3 is 2.81 bits per heavy atom. The predicted octanol–water partition coefficient (Wildman–Crippen LogP) is 2.84. The molecule has 21 heavy (non-hydrogen) atoms. The van der Waals surface area contributed by atoms with Crippen LogP contribution < -0.4 is 4.72 Å². The molecule has 0 amide bonds. The number of nitrogens with zero attached hydrogens (tertiary/aromatic N) is 1. The molecule has 0 aliphatic carbocycles. The summed E-state index contributed by atoms with van der Waals surface area (Å²) in [5.74, 6) is -0.107. The van der Waals surface area contributed by atoms with Gasteiger partial charge in [-0.05, 0) is 43.5 Å². The Balaban J connectivity index is 2.23. The maximum atomic E-state index is 12.0. The monoisotopic (exact) mass is 309 g/mol. The molecular weight excluding hydrogens is 293 g/mol. The second-order valence-corrected chi connectivity index (χ2v) is 6.66. The highest BCUT2D eigenvalue weighted by molar-refractivity contribution is 7.92. The average Bonchev–Trinajstić information content (AvgIpc) is 2.75. The zero-order valence-electron chi connectivity index (χ0n) is 11.6. The first kappa shape index (κ1) is 15.3. The quantitative estimate of drug-likeness (QED) is 0.804. The van der Waals surface area contributed by atoms with E-state index in [1.54, 1.807) is 25.1 Å². The molecule has 1 aromatic heterocycles. The van der Waals surface area contributed by atoms with Gasteiger partial charge in [-0.3, -0.25) is 9.11 Å². The van der Waals surface area contributed by atoms with Gasteiger partial charge in [0.1, 0.15) is 11.8 Å². The van der Waals surface area contributed by atoms with Gasteiger partial charge in [0.25, 0.3) is 0 Å². The van der Waals surface area contributed by atoms with Gasteiger partial charge in [-0.2, -0.15) is 5.26 Å². The van der Waals surface area contributed by atoms with E-state index in [0.717, 1.165) is 16.5 Å². The number of halogens is 1. The van der Waals surface area contributed by atoms with E-state index in [4.69, 9.17) is 5.26 Å². The number of aromatic nitrogens is 1. The molecule has 0 saturated carbocycles. The number of nitriles is 1. The Morgan fingerprint density at radius 2 is 2.14 bits per heavy atom. The SMILES string of the molecule is Cc1c(C#N)[nH]c2ccc(NS(=O)(=O)CCCCF)cc12. The number of aryl methyl sites for hydroxylation is 1. The maximum Gasteiger partial charge on any atom is 0.232 e. The number of benzene rings is 1. The van der Waals surface area contributed by atoms with Gasteiger partial charge in [0, 0.05) is 16.6 Å². The van der Waals surface area contributed by atoms with Gasteiger partial charge in [-0.15, -0.1) is 0 Å². The summed E-state index contributed by atoms with van der Waals surface area (Å²) in [6, 6.07) is 7.10. The molecule has 2 rings (SSSR count). The number of nitrogens with one attached hydrogen (secondary N) is 2. The minimum Gasteiger partial charge on any atom is -0.346 e. The summed E-state index contributed by atoms with van der Waals surface area (Å²) in [6.45, 7) is 1.29. The molecule has 2 N–H and O–H groups in total. The average molecular weight is 309 g/mol. The first-order valence-electron chi connectivity index (χ1n) is 6.56. The van der Waals surface area contributed by atoms with Gasteiger partial charge in [0.2, 0.25) is 10.0 Å². The molecule has 0 saturated heterocycles. The van der Waals surface area contributed by atoms with Crippen molar-refractivity contribution in [3.05, 3.63) is 29.5 Å². The lowest BCUT2D eigenvalue weighted by molar-refractivity contribution is 0.468. The van der Waals surface area contributed by atoms with Gasteiger partial charge < -0.3 is 4.98 Å². The van der Waals surface area contributed by atoms with Crippen molar-refractivity contribution in [2.45, 2.75) is 19.8 Å². The minimum atomic E-state index is -3.48. The molecule has 0 atom stereocenters. The molecule has 0 aliphatic rings. The van der Waals surface area contributed by atoms with E-state index in [2.05, 4.69) is 15.8 Å². The fourth-order valence-electron chi connectivity index (χ4n) is 2.12. The van der Waals surface area contributed by atoms with Crippen molar-refractivity contribution >= 4 is 26.6 Å². The molecule has 2 aromatic rings. The van der Waals surface area contributed by atoms with Crippen LogP contribution in [0.5, 0.6) is 0 Å². The van der Waals surface area contributed by atoms with Crippen molar-refractivity contribution in [1.82, 2.24) is 4.98 Å². The lowest BCUT2D eigenvalue weighted by Crippen LogP contribution is -2.16. The van der Waals surface area contributed by atoms with Gasteiger partial charge in [-0.1, -0.05) is 0 Å². The van der Waals surface area contributed by atoms with Crippen LogP contribution in [0.2, 0.25) is 0 Å². The lowest BCUT2D eigenvalue weighted by Gasteiger charge is -2.07. The smallest absolute Gasteiger partial charge is 0.232 e. The van der Waals surface area contributed by atoms with Crippen LogP contribution in [0.4, 0.5) is 10.1 Å². The van der Waals surface area contributed by atoms with Crippen molar-refractivity contribution in [1.29, 1.82) is 5.26 Å². The van der Waals surface area contributed by atoms with E-state index in [1.807, 2.05) is 0 Å². The lowest BCUT2D eigenvalue weighted by atomic mass is 10.1. The number of unbranched alkanes of at least 4 members (excludes halogenated alkanes) is 1. The standard InChI is InChI=1S/C14H16FN3O2S/c1-10-12-8-11(4-5-13(12)17-14(10)9-16)18-21(19,20)7-3-2-6-15/h4-5,8,17-18H,2-3,6-7H2,1H3. The summed E-state index contributed by atoms with van der Waals surface area (Å²) in [6.07, 6.45) is 0.526. The summed E-state index contributed by atoms with van der Waals surface area (Å²) in [5, 5.41) is 9.77. The number of rotatable bonds is 6. The highest BCUT2D eigenvalue weighted by Gasteiger charge is 2.12. The number of sulfonamides is 1. The summed E-state index contributed by atoms with van der Waals surface area (Å²) < 4.78 is 38.2. The summed E-state index contributed by atoms with van der Waals surface area (Å²) >= 11 is 0. The van der Waals surface area contributed by atoms with Crippen LogP contribution in [0.15, 0.2) is 18.2 Å². The van der Waals surface area contributed by atoms with Crippen LogP contribution in [0.1, 0.15) is 24.1 Å². The van der Waals surface area contributed by atoms with Crippen molar-refractivity contribution in [3.8, 4) is 6.07 Å². The van der Waals surface area contributed by atoms with Crippen molar-refractivity contribution in [2.75, 3.05) is 17.1 Å². The zero-order chi connectivity index (χ0) is 15.5. The van der Waals surface area contributed by atoms with Crippen molar-refractivity contribution in [3.63, 3.8) is 0 Å². The van der Waals surface area contributed by atoms with Crippen LogP contribution in [-0.4, -0.2) is 25.8 Å². The molecule has 0 bridgehead atoms. The Hall–Kier alpha value is -2.07. The molecule has 0 spiro atoms. The Kier molecular flexibility index (Phi) is 4.48. The number of anilines is 1. The number of hydrogen-bond acceptors (Lipinski definition) is 3. The van der Waals surface area contributed by atoms with Crippen LogP contribution in [0.25, 0.3) is 10.9 Å². The van der Waals surface area contributed by atoms with Gasteiger partial charge >= 0.3 is 0 Å². The molecule has 1 heterocycles. The normalized spacial score (nSPS) is 11.5. The summed E-state index contributed by atoms with van der Waals surface area (Å²) in [7, 11) is -3.48. The zero-order valence-corrected chi connectivity index (χ0v) is 12.4. The molecule has 0 radical (unpaired) electrons. The Labute approximate surface area is 122 Å². The number of hydrogen-bond donors (Lipinski definition) is 2. The summed E-state index contributed by atoms with van der Waals surface area (Å²) in [5.41, 5.74) is 2.47. The van der Waals surface area contributed by atoms with E-state index in [0.29, 0.717) is 11.4 Å². The van der Waals surface area contributed by atoms with E-state index >= 15 is 0 Å². The van der Waals surface area contributed by atoms with Crippen molar-refractivity contribution in [2.24, 2.45) is 0 Å². The first-order valence-corrected chi connectivity index (χ1v) is 8.21. The van der Waals surface area contributed by atoms with Gasteiger partial charge in [-0.25, -0.2) is 8.42 Å². The first-order chi connectivity index (χ1) is 9.96. The van der Waals surface area contributed by atoms with Crippen LogP contribution >= 0.6 is 0 Å². The topological polar surface area (TPSA) is 85.8 Å². The minimum absolute atomic E-state index is 0.107. The van der Waals surface area contributed by atoms with E-state index in [1.165, 1.54) is 0 Å². The van der Waals surface area contributed by atoms with Gasteiger partial charge in [0.05, 0.1) is 12.4 Å². The highest BCUT2D eigenvalue weighted by Crippen LogP contribution is 2.25. The summed E-state index contributed by atoms with van der Waals surface area (Å²) in [4.78, 5) is 2.97. The third-order valence-corrected chi connectivity index (χ3v) is 4.61. The number of alkyl halides is 1. The molecule has 112 valence electrons. The van der Waals surface area contributed by atoms with E-state index < -0.39 is 16.7 Å². The van der Waals surface area contributed by atoms with Crippen LogP contribution in [0, 0.1) is 18.3 Å². The third-order valence-electron chi connectivity index (χ3n) is 3.24. The molecule has 0 aliphatic heterocycles. The van der Waals surface area contributed by atoms with E-state index in [9.17, 15) is 12.8 Å². The Morgan fingerprint density at radius 1 is 1.38 bits per heavy atom. The maximum absolute atomic E-state index is 12.0. The number of H-pyrrole nitrogens is 1. The fourth-order valence-corrected chi connectivity index (χ4v) is 3.29. The second kappa shape index (κ2) is 6.14. The Bertz CT molecular complexity index is 790. The highest BCUT2D eigenvalue weighted by atomic mass is 32.2. The van der Waals surface area contributed by atoms with E-state index in [-0.39, 0.29) is 18.6 Å². The largest absolute Gasteiger partial charge is 0.346 e. The molecule has 5 nitrogen and oxygen atoms in total. The molecule has 1 aromatic carbocycles. The molecule has 7 heteroatoms.